The molecule has 2 aliphatic rings. The van der Waals surface area contributed by atoms with Crippen LogP contribution in [0.5, 0.6) is 0 Å². The average molecular weight is 433 g/mol. The molecular weight excluding hydrogens is 408 g/mol. The summed E-state index contributed by atoms with van der Waals surface area (Å²) in [5, 5.41) is 7.36. The van der Waals surface area contributed by atoms with E-state index in [1.807, 2.05) is 59.2 Å². The summed E-state index contributed by atoms with van der Waals surface area (Å²) in [6, 6.07) is 17.6. The molecule has 3 aromatic rings. The molecule has 0 bridgehead atoms. The summed E-state index contributed by atoms with van der Waals surface area (Å²) in [4.78, 5) is 30.9. The molecule has 0 atom stereocenters. The summed E-state index contributed by atoms with van der Waals surface area (Å²) in [6.07, 6.45) is 4.97. The molecule has 1 amide bonds. The first kappa shape index (κ1) is 20.0. The van der Waals surface area contributed by atoms with Crippen LogP contribution in [0.2, 0.25) is 0 Å². The van der Waals surface area contributed by atoms with Gasteiger partial charge in [0.15, 0.2) is 5.16 Å². The van der Waals surface area contributed by atoms with E-state index in [1.165, 1.54) is 11.8 Å². The summed E-state index contributed by atoms with van der Waals surface area (Å²) in [5.41, 5.74) is 2.67. The molecule has 31 heavy (non-hydrogen) atoms. The highest BCUT2D eigenvalue weighted by atomic mass is 32.2. The first-order valence-corrected chi connectivity index (χ1v) is 11.8. The molecule has 0 saturated heterocycles. The molecule has 1 aromatic heterocycles. The monoisotopic (exact) mass is 432 g/mol. The Morgan fingerprint density at radius 3 is 2.58 bits per heavy atom. The third kappa shape index (κ3) is 4.02. The zero-order valence-corrected chi connectivity index (χ0v) is 18.1. The lowest BCUT2D eigenvalue weighted by Gasteiger charge is -2.19. The van der Waals surface area contributed by atoms with E-state index in [9.17, 15) is 9.59 Å². The Balaban J connectivity index is 1.38. The Bertz CT molecular complexity index is 1200. The summed E-state index contributed by atoms with van der Waals surface area (Å²) in [6.45, 7) is 0.588. The first-order chi connectivity index (χ1) is 15.2. The van der Waals surface area contributed by atoms with E-state index < -0.39 is 0 Å². The Morgan fingerprint density at radius 2 is 1.77 bits per heavy atom. The number of aromatic nitrogens is 2. The zero-order valence-electron chi connectivity index (χ0n) is 17.2. The van der Waals surface area contributed by atoms with Gasteiger partial charge in [0.05, 0.1) is 28.9 Å². The number of rotatable bonds is 5. The second-order valence-electron chi connectivity index (χ2n) is 7.99. The summed E-state index contributed by atoms with van der Waals surface area (Å²) < 4.78 is 1.83. The van der Waals surface area contributed by atoms with Crippen molar-refractivity contribution in [3.63, 3.8) is 0 Å². The molecule has 158 valence electrons. The van der Waals surface area contributed by atoms with E-state index in [2.05, 4.69) is 5.10 Å². The molecule has 1 fully saturated rings. The topological polar surface area (TPSA) is 67.6 Å². The Hall–Kier alpha value is -2.93. The number of benzene rings is 2. The molecule has 0 spiro atoms. The zero-order chi connectivity index (χ0) is 21.2. The van der Waals surface area contributed by atoms with Crippen LogP contribution < -0.4 is 5.56 Å². The molecule has 0 radical (unpaired) electrons. The van der Waals surface area contributed by atoms with E-state index in [4.69, 9.17) is 4.98 Å². The maximum absolute atomic E-state index is 13.2. The summed E-state index contributed by atoms with van der Waals surface area (Å²) >= 11 is 1.35. The van der Waals surface area contributed by atoms with E-state index in [1.54, 1.807) is 5.01 Å². The summed E-state index contributed by atoms with van der Waals surface area (Å²) in [7, 11) is 0. The van der Waals surface area contributed by atoms with Gasteiger partial charge in [-0.15, -0.1) is 0 Å². The smallest absolute Gasteiger partial charge is 0.262 e. The lowest BCUT2D eigenvalue weighted by molar-refractivity contribution is -0.127. The van der Waals surface area contributed by atoms with Crippen molar-refractivity contribution in [1.82, 2.24) is 14.6 Å². The van der Waals surface area contributed by atoms with Gasteiger partial charge in [0.2, 0.25) is 0 Å². The molecule has 6 nitrogen and oxygen atoms in total. The molecular formula is C24H24N4O2S. The standard InChI is InChI=1S/C24H24N4O2S/c29-22(27-15-14-20(26-27)17-8-2-1-3-9-17)16-31-24-25-21-13-7-6-12-19(21)23(30)28(24)18-10-4-5-11-18/h1-3,6-9,12-13,18H,4-5,10-11,14-16H2. The third-order valence-corrected chi connectivity index (χ3v) is 6.92. The van der Waals surface area contributed by atoms with Crippen molar-refractivity contribution in [2.24, 2.45) is 5.10 Å². The van der Waals surface area contributed by atoms with Crippen LogP contribution in [-0.4, -0.2) is 38.5 Å². The lowest BCUT2D eigenvalue weighted by Crippen LogP contribution is -2.28. The van der Waals surface area contributed by atoms with Gasteiger partial charge in [0.1, 0.15) is 0 Å². The highest BCUT2D eigenvalue weighted by molar-refractivity contribution is 7.99. The molecule has 0 unspecified atom stereocenters. The Morgan fingerprint density at radius 1 is 1.03 bits per heavy atom. The van der Waals surface area contributed by atoms with Crippen molar-refractivity contribution in [1.29, 1.82) is 0 Å². The maximum Gasteiger partial charge on any atom is 0.262 e. The number of thioether (sulfide) groups is 1. The first-order valence-electron chi connectivity index (χ1n) is 10.8. The van der Waals surface area contributed by atoms with Crippen LogP contribution in [-0.2, 0) is 4.79 Å². The van der Waals surface area contributed by atoms with Crippen LogP contribution in [0.1, 0.15) is 43.7 Å². The fraction of sp³-hybridized carbons (Fsp3) is 0.333. The maximum atomic E-state index is 13.2. The lowest BCUT2D eigenvalue weighted by atomic mass is 10.1. The average Bonchev–Trinajstić information content (AvgIpc) is 3.51. The number of nitrogens with zero attached hydrogens (tertiary/aromatic N) is 4. The van der Waals surface area contributed by atoms with Crippen molar-refractivity contribution in [2.75, 3.05) is 12.3 Å². The summed E-state index contributed by atoms with van der Waals surface area (Å²) in [5.74, 6) is 0.152. The number of carbonyl (C=O) groups is 1. The minimum atomic E-state index is -0.0590. The largest absolute Gasteiger partial charge is 0.284 e. The number of hydrogen-bond acceptors (Lipinski definition) is 5. The van der Waals surface area contributed by atoms with Gasteiger partial charge in [0, 0.05) is 12.5 Å². The fourth-order valence-corrected chi connectivity index (χ4v) is 5.32. The minimum Gasteiger partial charge on any atom is -0.284 e. The molecule has 1 saturated carbocycles. The number of para-hydroxylation sites is 1. The van der Waals surface area contributed by atoms with Gasteiger partial charge in [-0.3, -0.25) is 14.2 Å². The molecule has 5 rings (SSSR count). The van der Waals surface area contributed by atoms with E-state index in [-0.39, 0.29) is 23.3 Å². The second-order valence-corrected chi connectivity index (χ2v) is 8.94. The van der Waals surface area contributed by atoms with Gasteiger partial charge in [-0.25, -0.2) is 9.99 Å². The van der Waals surface area contributed by atoms with Gasteiger partial charge < -0.3 is 0 Å². The highest BCUT2D eigenvalue weighted by Crippen LogP contribution is 2.32. The molecule has 1 aliphatic carbocycles. The number of carbonyl (C=O) groups excluding carboxylic acids is 1. The molecule has 2 heterocycles. The normalized spacial score (nSPS) is 16.8. The third-order valence-electron chi connectivity index (χ3n) is 5.99. The Kier molecular flexibility index (Phi) is 5.59. The van der Waals surface area contributed by atoms with Crippen LogP contribution in [0, 0.1) is 0 Å². The van der Waals surface area contributed by atoms with Gasteiger partial charge in [-0.05, 0) is 30.5 Å². The molecule has 1 aliphatic heterocycles. The highest BCUT2D eigenvalue weighted by Gasteiger charge is 2.25. The molecule has 2 aromatic carbocycles. The van der Waals surface area contributed by atoms with E-state index >= 15 is 0 Å². The van der Waals surface area contributed by atoms with Crippen molar-refractivity contribution in [3.8, 4) is 0 Å². The van der Waals surface area contributed by atoms with Gasteiger partial charge in [0.25, 0.3) is 11.5 Å². The number of hydrogen-bond donors (Lipinski definition) is 0. The Labute approximate surface area is 185 Å². The quantitative estimate of drug-likeness (QED) is 0.447. The van der Waals surface area contributed by atoms with Gasteiger partial charge in [-0.1, -0.05) is 67.1 Å². The predicted molar refractivity (Wildman–Crippen MR) is 124 cm³/mol. The van der Waals surface area contributed by atoms with Crippen LogP contribution in [0.4, 0.5) is 0 Å². The number of fused-ring (bicyclic) bond motifs is 1. The minimum absolute atomic E-state index is 0.00185. The van der Waals surface area contributed by atoms with Gasteiger partial charge >= 0.3 is 0 Å². The molecule has 7 heteroatoms. The van der Waals surface area contributed by atoms with E-state index in [0.29, 0.717) is 22.6 Å². The van der Waals surface area contributed by atoms with Crippen molar-refractivity contribution in [2.45, 2.75) is 43.3 Å². The van der Waals surface area contributed by atoms with Crippen LogP contribution in [0.15, 0.2) is 69.6 Å². The van der Waals surface area contributed by atoms with Crippen molar-refractivity contribution >= 4 is 34.3 Å². The van der Waals surface area contributed by atoms with E-state index in [0.717, 1.165) is 43.4 Å². The number of hydrazone groups is 1. The van der Waals surface area contributed by atoms with Crippen LogP contribution >= 0.6 is 11.8 Å². The van der Waals surface area contributed by atoms with Gasteiger partial charge in [-0.2, -0.15) is 5.10 Å². The number of amides is 1. The second kappa shape index (κ2) is 8.67. The fourth-order valence-electron chi connectivity index (χ4n) is 4.38. The van der Waals surface area contributed by atoms with Crippen LogP contribution in [0.3, 0.4) is 0 Å². The van der Waals surface area contributed by atoms with Crippen molar-refractivity contribution < 1.29 is 4.79 Å². The SMILES string of the molecule is O=C(CSc1nc2ccccc2c(=O)n1C1CCCC1)N1CCC(c2ccccc2)=N1. The predicted octanol–water partition coefficient (Wildman–Crippen LogP) is 4.24. The molecule has 0 N–H and O–H groups in total. The van der Waals surface area contributed by atoms with Crippen LogP contribution in [0.25, 0.3) is 10.9 Å². The van der Waals surface area contributed by atoms with Crippen molar-refractivity contribution in [3.05, 3.63) is 70.5 Å².